The van der Waals surface area contributed by atoms with Crippen LogP contribution in [0.25, 0.3) is 0 Å². The molecular formula is C10H13NO5. The second kappa shape index (κ2) is 5.34. The second-order valence-electron chi connectivity index (χ2n) is 2.99. The Hall–Kier alpha value is -1.79. The van der Waals surface area contributed by atoms with Crippen molar-refractivity contribution in [3.05, 3.63) is 23.3 Å². The van der Waals surface area contributed by atoms with Crippen LogP contribution < -0.4 is 10.6 Å². The van der Waals surface area contributed by atoms with Gasteiger partial charge < -0.3 is 14.6 Å². The number of phenols is 1. The summed E-state index contributed by atoms with van der Waals surface area (Å²) in [4.78, 5) is 15.7. The second-order valence-corrected chi connectivity index (χ2v) is 2.99. The van der Waals surface area contributed by atoms with E-state index in [1.807, 2.05) is 0 Å². The summed E-state index contributed by atoms with van der Waals surface area (Å²) in [6, 6.07) is 2.80. The summed E-state index contributed by atoms with van der Waals surface area (Å²) in [6.07, 6.45) is 0. The first-order chi connectivity index (χ1) is 7.63. The SMILES string of the molecule is COC(=O)c1cc(CON)c(O)c(OC)c1. The molecule has 0 saturated carbocycles. The number of rotatable bonds is 4. The zero-order valence-corrected chi connectivity index (χ0v) is 9.02. The lowest BCUT2D eigenvalue weighted by molar-refractivity contribution is 0.0599. The van der Waals surface area contributed by atoms with Crippen LogP contribution in [0.3, 0.4) is 0 Å². The number of esters is 1. The fourth-order valence-corrected chi connectivity index (χ4v) is 1.26. The molecule has 6 nitrogen and oxygen atoms in total. The maximum Gasteiger partial charge on any atom is 0.337 e. The lowest BCUT2D eigenvalue weighted by Gasteiger charge is -2.10. The summed E-state index contributed by atoms with van der Waals surface area (Å²) < 4.78 is 9.47. The molecule has 6 heteroatoms. The van der Waals surface area contributed by atoms with Crippen molar-refractivity contribution in [3.8, 4) is 11.5 Å². The van der Waals surface area contributed by atoms with E-state index in [0.29, 0.717) is 5.56 Å². The van der Waals surface area contributed by atoms with E-state index >= 15 is 0 Å². The largest absolute Gasteiger partial charge is 0.504 e. The van der Waals surface area contributed by atoms with Gasteiger partial charge in [0.15, 0.2) is 11.5 Å². The van der Waals surface area contributed by atoms with Gasteiger partial charge in [0, 0.05) is 5.56 Å². The van der Waals surface area contributed by atoms with Crippen molar-refractivity contribution < 1.29 is 24.2 Å². The molecule has 16 heavy (non-hydrogen) atoms. The Kier molecular flexibility index (Phi) is 4.10. The van der Waals surface area contributed by atoms with Crippen molar-refractivity contribution in [2.24, 2.45) is 5.90 Å². The fraction of sp³-hybridized carbons (Fsp3) is 0.300. The lowest BCUT2D eigenvalue weighted by Crippen LogP contribution is -2.05. The summed E-state index contributed by atoms with van der Waals surface area (Å²) in [6.45, 7) is -0.0347. The number of carbonyl (C=O) groups excluding carboxylic acids is 1. The van der Waals surface area contributed by atoms with Gasteiger partial charge in [-0.25, -0.2) is 10.7 Å². The van der Waals surface area contributed by atoms with Crippen molar-refractivity contribution in [2.75, 3.05) is 14.2 Å². The number of ether oxygens (including phenoxy) is 2. The summed E-state index contributed by atoms with van der Waals surface area (Å²) >= 11 is 0. The number of hydrogen-bond donors (Lipinski definition) is 2. The molecule has 0 aliphatic rings. The van der Waals surface area contributed by atoms with Crippen molar-refractivity contribution in [1.29, 1.82) is 0 Å². The number of methoxy groups -OCH3 is 2. The predicted molar refractivity (Wildman–Crippen MR) is 55.0 cm³/mol. The molecule has 0 atom stereocenters. The van der Waals surface area contributed by atoms with Crippen molar-refractivity contribution in [2.45, 2.75) is 6.61 Å². The Morgan fingerprint density at radius 1 is 1.44 bits per heavy atom. The zero-order chi connectivity index (χ0) is 12.1. The van der Waals surface area contributed by atoms with Gasteiger partial charge in [-0.1, -0.05) is 0 Å². The van der Waals surface area contributed by atoms with Gasteiger partial charge in [-0.05, 0) is 12.1 Å². The average molecular weight is 227 g/mol. The minimum Gasteiger partial charge on any atom is -0.504 e. The first-order valence-corrected chi connectivity index (χ1v) is 4.44. The van der Waals surface area contributed by atoms with Crippen LogP contribution in [0.2, 0.25) is 0 Å². The molecule has 0 aliphatic heterocycles. The molecule has 3 N–H and O–H groups in total. The normalized spacial score (nSPS) is 9.94. The molecule has 1 aromatic carbocycles. The Morgan fingerprint density at radius 3 is 2.62 bits per heavy atom. The number of benzene rings is 1. The van der Waals surface area contributed by atoms with E-state index in [2.05, 4.69) is 9.57 Å². The predicted octanol–water partition coefficient (Wildman–Crippen LogP) is 0.578. The monoisotopic (exact) mass is 227 g/mol. The van der Waals surface area contributed by atoms with Crippen LogP contribution in [-0.2, 0) is 16.2 Å². The number of nitrogens with two attached hydrogens (primary N) is 1. The third-order valence-electron chi connectivity index (χ3n) is 2.03. The van der Waals surface area contributed by atoms with Crippen LogP contribution in [-0.4, -0.2) is 25.3 Å². The molecule has 0 amide bonds. The van der Waals surface area contributed by atoms with E-state index in [0.717, 1.165) is 0 Å². The number of phenolic OH excluding ortho intramolecular Hbond substituents is 1. The van der Waals surface area contributed by atoms with Gasteiger partial charge in [-0.2, -0.15) is 0 Å². The third kappa shape index (κ3) is 2.41. The van der Waals surface area contributed by atoms with E-state index in [-0.39, 0.29) is 23.7 Å². The van der Waals surface area contributed by atoms with Crippen LogP contribution >= 0.6 is 0 Å². The third-order valence-corrected chi connectivity index (χ3v) is 2.03. The van der Waals surface area contributed by atoms with Crippen molar-refractivity contribution >= 4 is 5.97 Å². The maximum atomic E-state index is 11.3. The van der Waals surface area contributed by atoms with Gasteiger partial charge in [0.1, 0.15) is 0 Å². The lowest BCUT2D eigenvalue weighted by atomic mass is 10.1. The van der Waals surface area contributed by atoms with Crippen LogP contribution in [0.15, 0.2) is 12.1 Å². The van der Waals surface area contributed by atoms with Crippen LogP contribution in [0, 0.1) is 0 Å². The Bertz CT molecular complexity index is 391. The van der Waals surface area contributed by atoms with Crippen molar-refractivity contribution in [1.82, 2.24) is 0 Å². The standard InChI is InChI=1S/C10H13NO5/c1-14-8-4-6(10(13)15-2)3-7(5-16-11)9(8)12/h3-4,12H,5,11H2,1-2H3. The highest BCUT2D eigenvalue weighted by atomic mass is 16.6. The molecule has 1 rings (SSSR count). The van der Waals surface area contributed by atoms with Gasteiger partial charge in [0.25, 0.3) is 0 Å². The highest BCUT2D eigenvalue weighted by Crippen LogP contribution is 2.31. The molecule has 0 unspecified atom stereocenters. The first-order valence-electron chi connectivity index (χ1n) is 4.44. The van der Waals surface area contributed by atoms with E-state index in [4.69, 9.17) is 10.6 Å². The first kappa shape index (κ1) is 12.3. The number of carbonyl (C=O) groups is 1. The van der Waals surface area contributed by atoms with Gasteiger partial charge in [-0.15, -0.1) is 0 Å². The molecule has 0 spiro atoms. The van der Waals surface area contributed by atoms with E-state index in [9.17, 15) is 9.90 Å². The molecule has 1 aromatic rings. The molecule has 0 heterocycles. The summed E-state index contributed by atoms with van der Waals surface area (Å²) in [5, 5.41) is 9.69. The fourth-order valence-electron chi connectivity index (χ4n) is 1.26. The molecule has 0 aliphatic carbocycles. The molecule has 0 bridgehead atoms. The smallest absolute Gasteiger partial charge is 0.337 e. The van der Waals surface area contributed by atoms with Crippen LogP contribution in [0.4, 0.5) is 0 Å². The molecule has 0 aromatic heterocycles. The van der Waals surface area contributed by atoms with E-state index in [1.165, 1.54) is 26.4 Å². The van der Waals surface area contributed by atoms with Gasteiger partial charge in [-0.3, -0.25) is 4.84 Å². The molecular weight excluding hydrogens is 214 g/mol. The average Bonchev–Trinajstić information content (AvgIpc) is 2.31. The van der Waals surface area contributed by atoms with Gasteiger partial charge in [0.2, 0.25) is 0 Å². The van der Waals surface area contributed by atoms with E-state index in [1.54, 1.807) is 0 Å². The summed E-state index contributed by atoms with van der Waals surface area (Å²) in [5.41, 5.74) is 0.603. The number of aromatic hydroxyl groups is 1. The van der Waals surface area contributed by atoms with Crippen LogP contribution in [0.1, 0.15) is 15.9 Å². The maximum absolute atomic E-state index is 11.3. The molecule has 0 radical (unpaired) electrons. The minimum absolute atomic E-state index is 0.0347. The molecule has 0 fully saturated rings. The van der Waals surface area contributed by atoms with E-state index < -0.39 is 5.97 Å². The Labute approximate surface area is 92.5 Å². The summed E-state index contributed by atoms with van der Waals surface area (Å²) in [5.74, 6) is 4.43. The highest BCUT2D eigenvalue weighted by molar-refractivity contribution is 5.90. The molecule has 0 saturated heterocycles. The minimum atomic E-state index is -0.531. The molecule has 88 valence electrons. The Balaban J connectivity index is 3.22. The number of hydrogen-bond acceptors (Lipinski definition) is 6. The van der Waals surface area contributed by atoms with Gasteiger partial charge >= 0.3 is 5.97 Å². The quantitative estimate of drug-likeness (QED) is 0.577. The highest BCUT2D eigenvalue weighted by Gasteiger charge is 2.15. The summed E-state index contributed by atoms with van der Waals surface area (Å²) in [7, 11) is 2.64. The van der Waals surface area contributed by atoms with Crippen LogP contribution in [0.5, 0.6) is 11.5 Å². The Morgan fingerprint density at radius 2 is 2.12 bits per heavy atom. The van der Waals surface area contributed by atoms with Gasteiger partial charge in [0.05, 0.1) is 26.4 Å². The topological polar surface area (TPSA) is 91.0 Å². The zero-order valence-electron chi connectivity index (χ0n) is 9.02. The van der Waals surface area contributed by atoms with Crippen molar-refractivity contribution in [3.63, 3.8) is 0 Å².